The van der Waals surface area contributed by atoms with E-state index >= 15 is 0 Å². The Labute approximate surface area is 103 Å². The van der Waals surface area contributed by atoms with Gasteiger partial charge in [0.25, 0.3) is 0 Å². The second kappa shape index (κ2) is 3.78. The van der Waals surface area contributed by atoms with Crippen molar-refractivity contribution in [3.63, 3.8) is 0 Å². The van der Waals surface area contributed by atoms with Gasteiger partial charge in [-0.05, 0) is 12.3 Å². The maximum Gasteiger partial charge on any atom is 0.310 e. The molecule has 1 N–H and O–H groups in total. The van der Waals surface area contributed by atoms with E-state index in [-0.39, 0.29) is 17.6 Å². The van der Waals surface area contributed by atoms with Crippen molar-refractivity contribution in [2.45, 2.75) is 12.5 Å². The molecule has 0 radical (unpaired) electrons. The monoisotopic (exact) mass is 254 g/mol. The van der Waals surface area contributed by atoms with Crippen LogP contribution < -0.4 is 0 Å². The van der Waals surface area contributed by atoms with E-state index < -0.39 is 42.4 Å². The van der Waals surface area contributed by atoms with E-state index in [1.54, 1.807) is 0 Å². The number of aliphatic hydroxyl groups is 1. The fraction of sp³-hybridized carbons (Fsp3) is 0.750. The van der Waals surface area contributed by atoms with Gasteiger partial charge in [0.05, 0.1) is 24.9 Å². The zero-order chi connectivity index (χ0) is 13.0. The van der Waals surface area contributed by atoms with Gasteiger partial charge in [-0.1, -0.05) is 0 Å². The lowest BCUT2D eigenvalue weighted by Gasteiger charge is -2.28. The molecule has 0 aromatic rings. The number of fused-ring (bicyclic) bond motifs is 1. The van der Waals surface area contributed by atoms with Gasteiger partial charge in [0.1, 0.15) is 12.7 Å². The summed E-state index contributed by atoms with van der Waals surface area (Å²) >= 11 is 0. The third-order valence-electron chi connectivity index (χ3n) is 4.62. The predicted molar refractivity (Wildman–Crippen MR) is 56.1 cm³/mol. The van der Waals surface area contributed by atoms with Crippen molar-refractivity contribution in [2.24, 2.45) is 29.6 Å². The molecule has 3 fully saturated rings. The first kappa shape index (κ1) is 11.6. The summed E-state index contributed by atoms with van der Waals surface area (Å²) in [6.45, 7) is -0.583. The molecule has 0 aromatic heterocycles. The minimum atomic E-state index is -0.591. The van der Waals surface area contributed by atoms with Crippen LogP contribution in [0.15, 0.2) is 0 Å². The third-order valence-corrected chi connectivity index (χ3v) is 4.62. The highest BCUT2D eigenvalue weighted by Crippen LogP contribution is 2.60. The number of ketones is 1. The maximum absolute atomic E-state index is 11.8. The third kappa shape index (κ3) is 1.24. The second-order valence-electron chi connectivity index (χ2n) is 5.19. The highest BCUT2D eigenvalue weighted by molar-refractivity contribution is 5.91. The Hall–Kier alpha value is -1.43. The van der Waals surface area contributed by atoms with E-state index in [1.165, 1.54) is 7.11 Å². The van der Waals surface area contributed by atoms with Gasteiger partial charge in [0, 0.05) is 5.92 Å². The van der Waals surface area contributed by atoms with Crippen LogP contribution in [0.3, 0.4) is 0 Å². The molecule has 1 saturated heterocycles. The largest absolute Gasteiger partial charge is 0.469 e. The Kier molecular flexibility index (Phi) is 2.45. The number of Topliss-reactive ketones (excluding diaryl/α,β-unsaturated/α-hetero) is 1. The predicted octanol–water partition coefficient (Wildman–Crippen LogP) is -0.856. The first-order valence-electron chi connectivity index (χ1n) is 6.02. The van der Waals surface area contributed by atoms with Gasteiger partial charge >= 0.3 is 11.9 Å². The van der Waals surface area contributed by atoms with Crippen LogP contribution in [0.4, 0.5) is 0 Å². The Morgan fingerprint density at radius 1 is 1.39 bits per heavy atom. The molecule has 2 bridgehead atoms. The lowest BCUT2D eigenvalue weighted by atomic mass is 9.73. The molecule has 2 aliphatic carbocycles. The smallest absolute Gasteiger partial charge is 0.310 e. The zero-order valence-corrected chi connectivity index (χ0v) is 9.87. The highest BCUT2D eigenvalue weighted by atomic mass is 16.6. The molecule has 18 heavy (non-hydrogen) atoms. The fourth-order valence-electron chi connectivity index (χ4n) is 4.04. The van der Waals surface area contributed by atoms with Crippen molar-refractivity contribution in [2.75, 3.05) is 13.7 Å². The maximum atomic E-state index is 11.8. The highest BCUT2D eigenvalue weighted by Gasteiger charge is 2.69. The standard InChI is InChI=1S/C12H14O6/c1-17-11(15)8-4-2-5-9(8)12(16)18-10(5)7(4)6(14)3-13/h4-5,7-10,13H,2-3H2,1H3. The van der Waals surface area contributed by atoms with Crippen molar-refractivity contribution < 1.29 is 29.0 Å². The molecular weight excluding hydrogens is 240 g/mol. The molecule has 6 heteroatoms. The van der Waals surface area contributed by atoms with Crippen molar-refractivity contribution in [3.8, 4) is 0 Å². The molecule has 2 saturated carbocycles. The summed E-state index contributed by atoms with van der Waals surface area (Å²) < 4.78 is 9.95. The number of methoxy groups -OCH3 is 1. The van der Waals surface area contributed by atoms with Gasteiger partial charge < -0.3 is 14.6 Å². The van der Waals surface area contributed by atoms with Gasteiger partial charge in [0.15, 0.2) is 5.78 Å². The molecule has 6 unspecified atom stereocenters. The lowest BCUT2D eigenvalue weighted by molar-refractivity contribution is -0.153. The van der Waals surface area contributed by atoms with E-state index in [0.29, 0.717) is 6.42 Å². The summed E-state index contributed by atoms with van der Waals surface area (Å²) in [5.41, 5.74) is 0. The van der Waals surface area contributed by atoms with Gasteiger partial charge in [0.2, 0.25) is 0 Å². The van der Waals surface area contributed by atoms with Gasteiger partial charge in [-0.2, -0.15) is 0 Å². The molecule has 0 amide bonds. The summed E-state index contributed by atoms with van der Waals surface area (Å²) in [4.78, 5) is 35.3. The van der Waals surface area contributed by atoms with Gasteiger partial charge in [-0.3, -0.25) is 14.4 Å². The van der Waals surface area contributed by atoms with Crippen LogP contribution in [0.5, 0.6) is 0 Å². The second-order valence-corrected chi connectivity index (χ2v) is 5.19. The summed E-state index contributed by atoms with van der Waals surface area (Å²) in [6, 6.07) is 0. The molecule has 98 valence electrons. The Morgan fingerprint density at radius 3 is 2.72 bits per heavy atom. The molecule has 3 aliphatic rings. The Bertz CT molecular complexity index is 430. The van der Waals surface area contributed by atoms with Crippen molar-refractivity contribution in [1.82, 2.24) is 0 Å². The Morgan fingerprint density at radius 2 is 2.11 bits per heavy atom. The zero-order valence-electron chi connectivity index (χ0n) is 9.87. The van der Waals surface area contributed by atoms with E-state index in [1.807, 2.05) is 0 Å². The Balaban J connectivity index is 1.97. The minimum absolute atomic E-state index is 0.0768. The first-order chi connectivity index (χ1) is 8.60. The summed E-state index contributed by atoms with van der Waals surface area (Å²) in [5.74, 6) is -3.13. The van der Waals surface area contributed by atoms with E-state index in [0.717, 1.165) is 0 Å². The summed E-state index contributed by atoms with van der Waals surface area (Å²) in [5, 5.41) is 8.99. The van der Waals surface area contributed by atoms with Crippen molar-refractivity contribution in [3.05, 3.63) is 0 Å². The van der Waals surface area contributed by atoms with Crippen LogP contribution >= 0.6 is 0 Å². The summed E-state index contributed by atoms with van der Waals surface area (Å²) in [6.07, 6.45) is 0.171. The van der Waals surface area contributed by atoms with Gasteiger partial charge in [-0.15, -0.1) is 0 Å². The number of rotatable bonds is 3. The number of hydrogen-bond acceptors (Lipinski definition) is 6. The quantitative estimate of drug-likeness (QED) is 0.659. The number of esters is 2. The van der Waals surface area contributed by atoms with Crippen LogP contribution in [0.2, 0.25) is 0 Å². The van der Waals surface area contributed by atoms with Crippen LogP contribution in [0.25, 0.3) is 0 Å². The number of carbonyl (C=O) groups excluding carboxylic acids is 3. The average Bonchev–Trinajstić information content (AvgIpc) is 2.96. The number of ether oxygens (including phenoxy) is 2. The molecule has 6 nitrogen and oxygen atoms in total. The molecule has 3 rings (SSSR count). The minimum Gasteiger partial charge on any atom is -0.469 e. The van der Waals surface area contributed by atoms with Crippen LogP contribution in [-0.2, 0) is 23.9 Å². The van der Waals surface area contributed by atoms with Crippen molar-refractivity contribution in [1.29, 1.82) is 0 Å². The lowest BCUT2D eigenvalue weighted by Crippen LogP contribution is -2.42. The van der Waals surface area contributed by atoms with Crippen LogP contribution in [0, 0.1) is 29.6 Å². The van der Waals surface area contributed by atoms with Crippen LogP contribution in [0.1, 0.15) is 6.42 Å². The summed E-state index contributed by atoms with van der Waals surface area (Å²) in [7, 11) is 1.27. The van der Waals surface area contributed by atoms with Gasteiger partial charge in [-0.25, -0.2) is 0 Å². The van der Waals surface area contributed by atoms with Crippen molar-refractivity contribution >= 4 is 17.7 Å². The number of aliphatic hydroxyl groups excluding tert-OH is 1. The van der Waals surface area contributed by atoms with E-state index in [9.17, 15) is 14.4 Å². The molecule has 1 aliphatic heterocycles. The topological polar surface area (TPSA) is 89.9 Å². The SMILES string of the molecule is COC(=O)C1C2CC3C(OC(=O)C31)C2C(=O)CO. The molecular formula is C12H14O6. The van der Waals surface area contributed by atoms with Crippen LogP contribution in [-0.4, -0.2) is 42.6 Å². The molecule has 1 heterocycles. The number of carbonyl (C=O) groups is 3. The number of hydrogen-bond donors (Lipinski definition) is 1. The van der Waals surface area contributed by atoms with E-state index in [4.69, 9.17) is 14.6 Å². The average molecular weight is 254 g/mol. The van der Waals surface area contributed by atoms with E-state index in [2.05, 4.69) is 0 Å². The fourth-order valence-corrected chi connectivity index (χ4v) is 4.04. The molecule has 0 aromatic carbocycles. The normalized spacial score (nSPS) is 44.0. The molecule has 0 spiro atoms. The molecule has 6 atom stereocenters. The first-order valence-corrected chi connectivity index (χ1v) is 6.02.